The van der Waals surface area contributed by atoms with Gasteiger partial charge in [0.1, 0.15) is 5.84 Å². The van der Waals surface area contributed by atoms with Crippen molar-refractivity contribution in [2.75, 3.05) is 7.11 Å². The van der Waals surface area contributed by atoms with E-state index in [4.69, 9.17) is 12.2 Å². The van der Waals surface area contributed by atoms with Gasteiger partial charge in [-0.25, -0.2) is 14.8 Å². The monoisotopic (exact) mass is 274 g/mol. The fourth-order valence-corrected chi connectivity index (χ4v) is 1.78. The summed E-state index contributed by atoms with van der Waals surface area (Å²) >= 11 is 4.90. The summed E-state index contributed by atoms with van der Waals surface area (Å²) in [4.78, 5) is 31.2. The molecule has 0 bridgehead atoms. The Morgan fingerprint density at radius 2 is 1.89 bits per heavy atom. The van der Waals surface area contributed by atoms with Crippen molar-refractivity contribution in [2.45, 2.75) is 6.42 Å². The highest BCUT2D eigenvalue weighted by atomic mass is 32.1. The third-order valence-electron chi connectivity index (χ3n) is 2.47. The number of ketones is 1. The van der Waals surface area contributed by atoms with E-state index in [2.05, 4.69) is 14.7 Å². The van der Waals surface area contributed by atoms with Gasteiger partial charge in [0, 0.05) is 5.56 Å². The number of hydrogen-bond acceptors (Lipinski definition) is 5. The molecule has 0 saturated carbocycles. The van der Waals surface area contributed by atoms with Gasteiger partial charge in [-0.1, -0.05) is 42.5 Å². The molecule has 0 N–H and O–H groups in total. The summed E-state index contributed by atoms with van der Waals surface area (Å²) < 4.78 is 4.53. The van der Waals surface area contributed by atoms with Crippen molar-refractivity contribution in [2.24, 2.45) is 9.98 Å². The van der Waals surface area contributed by atoms with E-state index in [0.717, 1.165) is 0 Å². The topological polar surface area (TPSA) is 68.1 Å². The summed E-state index contributed by atoms with van der Waals surface area (Å²) in [5.74, 6) is -0.535. The molecule has 0 aliphatic carbocycles. The van der Waals surface area contributed by atoms with Crippen LogP contribution >= 0.6 is 12.2 Å². The van der Waals surface area contributed by atoms with Crippen LogP contribution < -0.4 is 0 Å². The number of amidine groups is 1. The number of thiocarbonyl (C=S) groups is 1. The maximum absolute atomic E-state index is 11.9. The first kappa shape index (κ1) is 13.2. The van der Waals surface area contributed by atoms with Gasteiger partial charge in [-0.05, 0) is 0 Å². The lowest BCUT2D eigenvalue weighted by molar-refractivity contribution is -0.132. The lowest BCUT2D eigenvalue weighted by Crippen LogP contribution is -2.20. The molecule has 1 aromatic rings. The molecule has 0 fully saturated rings. The average molecular weight is 274 g/mol. The molecule has 0 atom stereocenters. The van der Waals surface area contributed by atoms with E-state index in [1.807, 2.05) is 6.07 Å². The highest BCUT2D eigenvalue weighted by Crippen LogP contribution is 2.09. The van der Waals surface area contributed by atoms with Crippen LogP contribution in [0.2, 0.25) is 0 Å². The fraction of sp³-hybridized carbons (Fsp3) is 0.154. The summed E-state index contributed by atoms with van der Waals surface area (Å²) in [7, 11) is 1.24. The van der Waals surface area contributed by atoms with E-state index >= 15 is 0 Å². The molecule has 1 heterocycles. The van der Waals surface area contributed by atoms with Crippen molar-refractivity contribution >= 4 is 40.5 Å². The predicted octanol–water partition coefficient (Wildman–Crippen LogP) is 1.61. The zero-order valence-electron chi connectivity index (χ0n) is 10.1. The van der Waals surface area contributed by atoms with Crippen molar-refractivity contribution in [3.63, 3.8) is 0 Å². The second-order valence-corrected chi connectivity index (χ2v) is 4.14. The molecule has 1 aliphatic heterocycles. The number of Topliss-reactive ketones (excluding diaryl/α,β-unsaturated/α-hetero) is 1. The van der Waals surface area contributed by atoms with Crippen molar-refractivity contribution in [3.8, 4) is 0 Å². The third kappa shape index (κ3) is 2.97. The molecule has 0 saturated heterocycles. The van der Waals surface area contributed by atoms with E-state index in [0.29, 0.717) is 5.56 Å². The number of methoxy groups -OCH3 is 1. The Morgan fingerprint density at radius 3 is 2.53 bits per heavy atom. The number of hydrogen-bond donors (Lipinski definition) is 0. The van der Waals surface area contributed by atoms with Gasteiger partial charge in [-0.15, -0.1) is 0 Å². The Hall–Kier alpha value is -2.21. The minimum absolute atomic E-state index is 0.00461. The van der Waals surface area contributed by atoms with Crippen LogP contribution in [0.15, 0.2) is 40.3 Å². The largest absolute Gasteiger partial charge is 0.464 e. The zero-order chi connectivity index (χ0) is 13.8. The second-order valence-electron chi connectivity index (χ2n) is 3.75. The standard InChI is InChI=1S/C13H10N2O3S/c1-18-13(17)11-12(19)15-10(14-11)7-9(16)8-5-3-2-4-6-8/h2-6H,7H2,1H3. The summed E-state index contributed by atoms with van der Waals surface area (Å²) in [6, 6.07) is 8.80. The molecule has 1 aliphatic rings. The van der Waals surface area contributed by atoms with E-state index in [-0.39, 0.29) is 28.7 Å². The van der Waals surface area contributed by atoms with Gasteiger partial charge in [0.2, 0.25) is 0 Å². The van der Waals surface area contributed by atoms with Crippen LogP contribution in [0.5, 0.6) is 0 Å². The van der Waals surface area contributed by atoms with Crippen LogP contribution in [0, 0.1) is 0 Å². The first-order chi connectivity index (χ1) is 9.11. The predicted molar refractivity (Wildman–Crippen MR) is 74.9 cm³/mol. The molecule has 0 aromatic heterocycles. The molecule has 6 heteroatoms. The Kier molecular flexibility index (Phi) is 3.91. The van der Waals surface area contributed by atoms with Crippen LogP contribution in [0.1, 0.15) is 16.8 Å². The second kappa shape index (κ2) is 5.62. The van der Waals surface area contributed by atoms with Gasteiger partial charge in [0.25, 0.3) is 0 Å². The van der Waals surface area contributed by atoms with Crippen molar-refractivity contribution in [3.05, 3.63) is 35.9 Å². The van der Waals surface area contributed by atoms with E-state index in [1.54, 1.807) is 24.3 Å². The number of carbonyl (C=O) groups excluding carboxylic acids is 2. The van der Waals surface area contributed by atoms with Gasteiger partial charge >= 0.3 is 5.97 Å². The smallest absolute Gasteiger partial charge is 0.359 e. The Balaban J connectivity index is 2.11. The maximum atomic E-state index is 11.9. The van der Waals surface area contributed by atoms with Crippen molar-refractivity contribution in [1.29, 1.82) is 0 Å². The summed E-state index contributed by atoms with van der Waals surface area (Å²) in [6.07, 6.45) is 0.00461. The summed E-state index contributed by atoms with van der Waals surface area (Å²) in [6.45, 7) is 0. The normalized spacial score (nSPS) is 13.8. The SMILES string of the molecule is COC(=O)C1=NC(CC(=O)c2ccccc2)=NC1=S. The first-order valence-corrected chi connectivity index (χ1v) is 5.90. The number of carbonyl (C=O) groups is 2. The lowest BCUT2D eigenvalue weighted by atomic mass is 10.1. The highest BCUT2D eigenvalue weighted by molar-refractivity contribution is 7.82. The molecule has 0 unspecified atom stereocenters. The van der Waals surface area contributed by atoms with Crippen LogP contribution in [0.4, 0.5) is 0 Å². The average Bonchev–Trinajstić information content (AvgIpc) is 2.79. The van der Waals surface area contributed by atoms with Crippen molar-refractivity contribution < 1.29 is 14.3 Å². The van der Waals surface area contributed by atoms with E-state index in [1.165, 1.54) is 7.11 Å². The van der Waals surface area contributed by atoms with E-state index < -0.39 is 5.97 Å². The highest BCUT2D eigenvalue weighted by Gasteiger charge is 2.25. The minimum atomic E-state index is -0.643. The van der Waals surface area contributed by atoms with Crippen LogP contribution in [-0.2, 0) is 9.53 Å². The number of benzene rings is 1. The molecule has 5 nitrogen and oxygen atoms in total. The lowest BCUT2D eigenvalue weighted by Gasteiger charge is -1.98. The molecular weight excluding hydrogens is 264 g/mol. The first-order valence-electron chi connectivity index (χ1n) is 5.49. The van der Waals surface area contributed by atoms with Gasteiger partial charge in [-0.3, -0.25) is 4.79 Å². The van der Waals surface area contributed by atoms with Gasteiger partial charge in [0.05, 0.1) is 13.5 Å². The van der Waals surface area contributed by atoms with Crippen LogP contribution in [0.3, 0.4) is 0 Å². The number of rotatable bonds is 4. The third-order valence-corrected chi connectivity index (χ3v) is 2.75. The molecular formula is C13H10N2O3S. The molecule has 19 heavy (non-hydrogen) atoms. The fourth-order valence-electron chi connectivity index (χ4n) is 1.55. The molecule has 1 aromatic carbocycles. The van der Waals surface area contributed by atoms with Gasteiger partial charge < -0.3 is 4.74 Å². The maximum Gasteiger partial charge on any atom is 0.359 e. The number of nitrogens with zero attached hydrogens (tertiary/aromatic N) is 2. The van der Waals surface area contributed by atoms with Crippen LogP contribution in [-0.4, -0.2) is 35.4 Å². The Labute approximate surface area is 115 Å². The number of aliphatic imine (C=N–C) groups is 2. The Morgan fingerprint density at radius 1 is 1.21 bits per heavy atom. The van der Waals surface area contributed by atoms with Crippen LogP contribution in [0.25, 0.3) is 0 Å². The summed E-state index contributed by atoms with van der Waals surface area (Å²) in [5, 5.41) is 0. The number of ether oxygens (including phenoxy) is 1. The molecule has 0 amide bonds. The summed E-state index contributed by atoms with van der Waals surface area (Å²) in [5.41, 5.74) is 0.547. The zero-order valence-corrected chi connectivity index (χ0v) is 10.9. The quantitative estimate of drug-likeness (QED) is 0.475. The Bertz CT molecular complexity index is 606. The number of esters is 1. The van der Waals surface area contributed by atoms with Gasteiger partial charge in [0.15, 0.2) is 16.5 Å². The van der Waals surface area contributed by atoms with Crippen molar-refractivity contribution in [1.82, 2.24) is 0 Å². The minimum Gasteiger partial charge on any atom is -0.464 e. The molecule has 0 spiro atoms. The molecule has 0 radical (unpaired) electrons. The van der Waals surface area contributed by atoms with E-state index in [9.17, 15) is 9.59 Å². The van der Waals surface area contributed by atoms with Gasteiger partial charge in [-0.2, -0.15) is 0 Å². The molecule has 2 rings (SSSR count). The molecule has 96 valence electrons.